The second-order valence-corrected chi connectivity index (χ2v) is 8.70. The summed E-state index contributed by atoms with van der Waals surface area (Å²) >= 11 is 0. The number of nitrogens with one attached hydrogen (secondary N) is 2. The Morgan fingerprint density at radius 3 is 2.24 bits per heavy atom. The van der Waals surface area contributed by atoms with Crippen LogP contribution >= 0.6 is 0 Å². The number of hydrogen-bond donors (Lipinski definition) is 2. The molecule has 0 saturated carbocycles. The van der Waals surface area contributed by atoms with E-state index in [9.17, 15) is 0 Å². The van der Waals surface area contributed by atoms with Crippen molar-refractivity contribution in [3.63, 3.8) is 0 Å². The Hall–Kier alpha value is -0.340. The van der Waals surface area contributed by atoms with Crippen molar-refractivity contribution < 1.29 is 0 Å². The Morgan fingerprint density at radius 1 is 1.14 bits per heavy atom. The molecule has 1 fully saturated rings. The van der Waals surface area contributed by atoms with E-state index < -0.39 is 0 Å². The predicted molar refractivity (Wildman–Crippen MR) is 94.8 cm³/mol. The van der Waals surface area contributed by atoms with Crippen molar-refractivity contribution in [3.8, 4) is 0 Å². The van der Waals surface area contributed by atoms with Crippen LogP contribution in [0.1, 0.15) is 80.6 Å². The maximum atomic E-state index is 3.81. The molecule has 0 bridgehead atoms. The maximum Gasteiger partial charge on any atom is 0.0144 e. The lowest BCUT2D eigenvalue weighted by Gasteiger charge is -2.46. The van der Waals surface area contributed by atoms with E-state index in [1.54, 1.807) is 0 Å². The third kappa shape index (κ3) is 8.01. The summed E-state index contributed by atoms with van der Waals surface area (Å²) in [6.07, 6.45) is 8.65. The lowest BCUT2D eigenvalue weighted by Crippen LogP contribution is -2.61. The van der Waals surface area contributed by atoms with Crippen molar-refractivity contribution in [2.24, 2.45) is 5.92 Å². The molecule has 1 saturated heterocycles. The molecule has 0 amide bonds. The minimum atomic E-state index is 0.245. The van der Waals surface area contributed by atoms with Crippen LogP contribution in [0.15, 0.2) is 11.6 Å². The molecule has 0 aliphatic carbocycles. The first-order valence-corrected chi connectivity index (χ1v) is 8.76. The summed E-state index contributed by atoms with van der Waals surface area (Å²) in [7, 11) is 0. The summed E-state index contributed by atoms with van der Waals surface area (Å²) < 4.78 is 0. The lowest BCUT2D eigenvalue weighted by molar-refractivity contribution is 0.145. The Bertz CT molecular complexity index is 321. The molecule has 1 rings (SSSR count). The van der Waals surface area contributed by atoms with Crippen LogP contribution in [0.2, 0.25) is 0 Å². The maximum absolute atomic E-state index is 3.81. The molecule has 124 valence electrons. The van der Waals surface area contributed by atoms with E-state index in [0.717, 1.165) is 12.5 Å². The van der Waals surface area contributed by atoms with Gasteiger partial charge in [0.1, 0.15) is 0 Å². The normalized spacial score (nSPS) is 22.8. The van der Waals surface area contributed by atoms with Crippen LogP contribution in [-0.4, -0.2) is 23.7 Å². The van der Waals surface area contributed by atoms with Crippen molar-refractivity contribution in [2.75, 3.05) is 6.54 Å². The summed E-state index contributed by atoms with van der Waals surface area (Å²) in [6, 6.07) is 0.654. The average molecular weight is 295 g/mol. The first-order valence-electron chi connectivity index (χ1n) is 8.76. The van der Waals surface area contributed by atoms with Crippen molar-refractivity contribution in [1.29, 1.82) is 0 Å². The van der Waals surface area contributed by atoms with Gasteiger partial charge in [-0.15, -0.1) is 0 Å². The highest BCUT2D eigenvalue weighted by Gasteiger charge is 2.37. The summed E-state index contributed by atoms with van der Waals surface area (Å²) in [6.45, 7) is 17.2. The molecule has 2 N–H and O–H groups in total. The Morgan fingerprint density at radius 2 is 1.71 bits per heavy atom. The summed E-state index contributed by atoms with van der Waals surface area (Å²) in [5.41, 5.74) is 1.93. The molecule has 0 aromatic rings. The molecule has 0 spiro atoms. The van der Waals surface area contributed by atoms with Crippen molar-refractivity contribution in [3.05, 3.63) is 11.6 Å². The number of piperidine rings is 1. The van der Waals surface area contributed by atoms with E-state index in [0.29, 0.717) is 6.04 Å². The van der Waals surface area contributed by atoms with Gasteiger partial charge in [-0.3, -0.25) is 0 Å². The van der Waals surface area contributed by atoms with Gasteiger partial charge in [-0.05, 0) is 86.1 Å². The van der Waals surface area contributed by atoms with Crippen molar-refractivity contribution >= 4 is 0 Å². The zero-order chi connectivity index (χ0) is 16.1. The minimum Gasteiger partial charge on any atom is -0.314 e. The molecule has 2 nitrogen and oxygen atoms in total. The van der Waals surface area contributed by atoms with Crippen LogP contribution in [-0.2, 0) is 0 Å². The molecular weight excluding hydrogens is 256 g/mol. The number of allylic oxidation sites excluding steroid dienone is 2. The Kier molecular flexibility index (Phi) is 6.93. The van der Waals surface area contributed by atoms with E-state index in [1.165, 1.54) is 37.7 Å². The molecular formula is C19H38N2. The third-order valence-electron chi connectivity index (χ3n) is 4.47. The van der Waals surface area contributed by atoms with Gasteiger partial charge in [0.2, 0.25) is 0 Å². The highest BCUT2D eigenvalue weighted by molar-refractivity contribution is 4.99. The van der Waals surface area contributed by atoms with Gasteiger partial charge in [0.05, 0.1) is 0 Å². The largest absolute Gasteiger partial charge is 0.314 e. The van der Waals surface area contributed by atoms with E-state index in [-0.39, 0.29) is 11.1 Å². The first-order chi connectivity index (χ1) is 9.60. The molecule has 21 heavy (non-hydrogen) atoms. The fourth-order valence-corrected chi connectivity index (χ4v) is 3.80. The minimum absolute atomic E-state index is 0.245. The topological polar surface area (TPSA) is 24.1 Å². The Labute approximate surface area is 133 Å². The second-order valence-electron chi connectivity index (χ2n) is 8.70. The van der Waals surface area contributed by atoms with Gasteiger partial charge in [-0.25, -0.2) is 0 Å². The molecule has 0 aromatic heterocycles. The van der Waals surface area contributed by atoms with Crippen molar-refractivity contribution in [1.82, 2.24) is 10.6 Å². The Balaban J connectivity index is 2.27. The number of rotatable bonds is 7. The smallest absolute Gasteiger partial charge is 0.0144 e. The van der Waals surface area contributed by atoms with Gasteiger partial charge in [-0.2, -0.15) is 0 Å². The van der Waals surface area contributed by atoms with Gasteiger partial charge in [0.15, 0.2) is 0 Å². The first kappa shape index (κ1) is 18.7. The molecule has 0 aromatic carbocycles. The van der Waals surface area contributed by atoms with Crippen LogP contribution in [0.25, 0.3) is 0 Å². The summed E-state index contributed by atoms with van der Waals surface area (Å²) in [4.78, 5) is 0. The zero-order valence-electron chi connectivity index (χ0n) is 15.5. The standard InChI is InChI=1S/C19H38N2/c1-15(2)9-8-10-16(3)11-12-20-17-13-18(4,5)21-19(6,7)14-17/h9,16-17,20-21H,8,10-14H2,1-7H3. The van der Waals surface area contributed by atoms with Crippen LogP contribution < -0.4 is 10.6 Å². The van der Waals surface area contributed by atoms with Crippen LogP contribution in [0, 0.1) is 5.92 Å². The monoisotopic (exact) mass is 294 g/mol. The van der Waals surface area contributed by atoms with E-state index in [1.807, 2.05) is 0 Å². The van der Waals surface area contributed by atoms with Gasteiger partial charge in [-0.1, -0.05) is 18.6 Å². The molecule has 1 unspecified atom stereocenters. The van der Waals surface area contributed by atoms with Crippen LogP contribution in [0.3, 0.4) is 0 Å². The highest BCUT2D eigenvalue weighted by Crippen LogP contribution is 2.28. The molecule has 0 radical (unpaired) electrons. The lowest BCUT2D eigenvalue weighted by atomic mass is 9.79. The summed E-state index contributed by atoms with van der Waals surface area (Å²) in [5.74, 6) is 0.816. The van der Waals surface area contributed by atoms with Crippen molar-refractivity contribution in [2.45, 2.75) is 97.7 Å². The van der Waals surface area contributed by atoms with E-state index >= 15 is 0 Å². The van der Waals surface area contributed by atoms with Crippen LogP contribution in [0.4, 0.5) is 0 Å². The van der Waals surface area contributed by atoms with E-state index in [2.05, 4.69) is 65.2 Å². The fourth-order valence-electron chi connectivity index (χ4n) is 3.80. The second kappa shape index (κ2) is 7.78. The van der Waals surface area contributed by atoms with Gasteiger partial charge in [0, 0.05) is 17.1 Å². The van der Waals surface area contributed by atoms with Crippen LogP contribution in [0.5, 0.6) is 0 Å². The molecule has 1 heterocycles. The molecule has 1 aliphatic heterocycles. The van der Waals surface area contributed by atoms with Gasteiger partial charge in [0.25, 0.3) is 0 Å². The molecule has 1 aliphatic rings. The molecule has 2 heteroatoms. The van der Waals surface area contributed by atoms with Gasteiger partial charge < -0.3 is 10.6 Å². The average Bonchev–Trinajstić information content (AvgIpc) is 2.23. The third-order valence-corrected chi connectivity index (χ3v) is 4.47. The van der Waals surface area contributed by atoms with Gasteiger partial charge >= 0.3 is 0 Å². The summed E-state index contributed by atoms with van der Waals surface area (Å²) in [5, 5.41) is 7.56. The highest BCUT2D eigenvalue weighted by atomic mass is 15.1. The fraction of sp³-hybridized carbons (Fsp3) is 0.895. The number of hydrogen-bond acceptors (Lipinski definition) is 2. The predicted octanol–water partition coefficient (Wildman–Crippen LogP) is 4.66. The van der Waals surface area contributed by atoms with E-state index in [4.69, 9.17) is 0 Å². The molecule has 1 atom stereocenters. The SMILES string of the molecule is CC(C)=CCCC(C)CCNC1CC(C)(C)NC(C)(C)C1. The zero-order valence-corrected chi connectivity index (χ0v) is 15.5. The quantitative estimate of drug-likeness (QED) is 0.667.